The van der Waals surface area contributed by atoms with Gasteiger partial charge in [-0.3, -0.25) is 10.0 Å². The minimum Gasteiger partial charge on any atom is -0.285 e. The average molecular weight is 141 g/mol. The van der Waals surface area contributed by atoms with Crippen LogP contribution in [0.2, 0.25) is 0 Å². The summed E-state index contributed by atoms with van der Waals surface area (Å²) in [6.07, 6.45) is 0. The summed E-state index contributed by atoms with van der Waals surface area (Å²) < 4.78 is 0. The van der Waals surface area contributed by atoms with Crippen LogP contribution in [-0.2, 0) is 4.79 Å². The van der Waals surface area contributed by atoms with E-state index in [0.29, 0.717) is 5.06 Å². The zero-order valence-electron chi connectivity index (χ0n) is 6.38. The predicted molar refractivity (Wildman–Crippen MR) is 37.2 cm³/mol. The fourth-order valence-electron chi connectivity index (χ4n) is 0.543. The summed E-state index contributed by atoms with van der Waals surface area (Å²) in [6.45, 7) is 4.59. The van der Waals surface area contributed by atoms with Gasteiger partial charge in [0.1, 0.15) is 6.04 Å². The summed E-state index contributed by atoms with van der Waals surface area (Å²) in [5.74, 6) is 4.84. The maximum Gasteiger partial charge on any atom is 0.243 e. The molecule has 1 N–H and O–H groups in total. The van der Waals surface area contributed by atoms with Crippen molar-refractivity contribution >= 4 is 5.91 Å². The highest BCUT2D eigenvalue weighted by Gasteiger charge is 2.09. The SMILES string of the molecule is CC#C[C@@H](C)N(O)C(C)=O. The number of nitrogens with zero attached hydrogens (tertiary/aromatic N) is 1. The zero-order valence-corrected chi connectivity index (χ0v) is 6.38. The van der Waals surface area contributed by atoms with Gasteiger partial charge >= 0.3 is 0 Å². The lowest BCUT2D eigenvalue weighted by Gasteiger charge is -2.15. The Morgan fingerprint density at radius 3 is 2.50 bits per heavy atom. The Morgan fingerprint density at radius 1 is 1.70 bits per heavy atom. The third-order valence-corrected chi connectivity index (χ3v) is 1.04. The number of hydrogen-bond donors (Lipinski definition) is 1. The van der Waals surface area contributed by atoms with Crippen molar-refractivity contribution in [1.29, 1.82) is 0 Å². The van der Waals surface area contributed by atoms with Gasteiger partial charge in [0.15, 0.2) is 0 Å². The highest BCUT2D eigenvalue weighted by Crippen LogP contribution is 1.92. The van der Waals surface area contributed by atoms with Crippen LogP contribution in [-0.4, -0.2) is 22.2 Å². The summed E-state index contributed by atoms with van der Waals surface area (Å²) in [5, 5.41) is 9.52. The molecule has 0 aromatic rings. The third kappa shape index (κ3) is 2.51. The van der Waals surface area contributed by atoms with E-state index in [1.807, 2.05) is 0 Å². The van der Waals surface area contributed by atoms with E-state index >= 15 is 0 Å². The Labute approximate surface area is 60.6 Å². The standard InChI is InChI=1S/C7H11NO2/c1-4-5-6(2)8(10)7(3)9/h6,10H,1-3H3/t6-/m1/s1. The first kappa shape index (κ1) is 8.99. The molecule has 0 spiro atoms. The van der Waals surface area contributed by atoms with Gasteiger partial charge in [0, 0.05) is 6.92 Å². The molecule has 0 rings (SSSR count). The number of hydrogen-bond acceptors (Lipinski definition) is 2. The summed E-state index contributed by atoms with van der Waals surface area (Å²) in [7, 11) is 0. The van der Waals surface area contributed by atoms with Crippen molar-refractivity contribution in [2.24, 2.45) is 0 Å². The van der Waals surface area contributed by atoms with E-state index in [9.17, 15) is 4.79 Å². The monoisotopic (exact) mass is 141 g/mol. The average Bonchev–Trinajstić information content (AvgIpc) is 1.87. The maximum absolute atomic E-state index is 10.5. The Hall–Kier alpha value is -1.01. The number of amides is 1. The molecule has 0 aromatic heterocycles. The van der Waals surface area contributed by atoms with E-state index < -0.39 is 11.9 Å². The summed E-state index contributed by atoms with van der Waals surface area (Å²) in [5.41, 5.74) is 0. The van der Waals surface area contributed by atoms with Crippen molar-refractivity contribution in [2.45, 2.75) is 26.8 Å². The zero-order chi connectivity index (χ0) is 8.15. The molecule has 0 aliphatic heterocycles. The molecule has 0 aliphatic rings. The van der Waals surface area contributed by atoms with Crippen molar-refractivity contribution in [3.8, 4) is 11.8 Å². The molecule has 0 aromatic carbocycles. The predicted octanol–water partition coefficient (Wildman–Crippen LogP) is 0.636. The summed E-state index contributed by atoms with van der Waals surface area (Å²) in [6, 6.07) is -0.414. The molecule has 0 bridgehead atoms. The Bertz CT molecular complexity index is 178. The minimum atomic E-state index is -0.414. The van der Waals surface area contributed by atoms with Gasteiger partial charge in [-0.15, -0.1) is 5.92 Å². The Kier molecular flexibility index (Phi) is 3.52. The lowest BCUT2D eigenvalue weighted by molar-refractivity contribution is -0.166. The van der Waals surface area contributed by atoms with Crippen molar-refractivity contribution in [3.63, 3.8) is 0 Å². The second kappa shape index (κ2) is 3.91. The van der Waals surface area contributed by atoms with Crippen LogP contribution in [0.15, 0.2) is 0 Å². The molecule has 0 unspecified atom stereocenters. The second-order valence-electron chi connectivity index (χ2n) is 1.93. The third-order valence-electron chi connectivity index (χ3n) is 1.04. The van der Waals surface area contributed by atoms with Crippen LogP contribution in [0.1, 0.15) is 20.8 Å². The first-order valence-electron chi connectivity index (χ1n) is 3.00. The molecule has 1 amide bonds. The van der Waals surface area contributed by atoms with E-state index in [1.165, 1.54) is 6.92 Å². The molecule has 1 atom stereocenters. The van der Waals surface area contributed by atoms with Gasteiger partial charge in [-0.05, 0) is 13.8 Å². The van der Waals surface area contributed by atoms with E-state index in [1.54, 1.807) is 13.8 Å². The molecule has 0 fully saturated rings. The lowest BCUT2D eigenvalue weighted by atomic mass is 10.3. The molecular weight excluding hydrogens is 130 g/mol. The van der Waals surface area contributed by atoms with Crippen LogP contribution >= 0.6 is 0 Å². The van der Waals surface area contributed by atoms with Crippen molar-refractivity contribution in [2.75, 3.05) is 0 Å². The van der Waals surface area contributed by atoms with Crippen LogP contribution in [0, 0.1) is 11.8 Å². The fourth-order valence-corrected chi connectivity index (χ4v) is 0.543. The highest BCUT2D eigenvalue weighted by molar-refractivity contribution is 5.72. The van der Waals surface area contributed by atoms with Crippen LogP contribution < -0.4 is 0 Å². The van der Waals surface area contributed by atoms with Gasteiger partial charge in [-0.25, -0.2) is 5.06 Å². The first-order chi connectivity index (χ1) is 4.59. The van der Waals surface area contributed by atoms with Gasteiger partial charge in [-0.2, -0.15) is 0 Å². The molecule has 0 aliphatic carbocycles. The van der Waals surface area contributed by atoms with Crippen molar-refractivity contribution in [1.82, 2.24) is 5.06 Å². The van der Waals surface area contributed by atoms with Gasteiger partial charge in [-0.1, -0.05) is 5.92 Å². The molecule has 10 heavy (non-hydrogen) atoms. The molecule has 0 saturated carbocycles. The van der Waals surface area contributed by atoms with E-state index in [-0.39, 0.29) is 0 Å². The van der Waals surface area contributed by atoms with Crippen LogP contribution in [0.5, 0.6) is 0 Å². The second-order valence-corrected chi connectivity index (χ2v) is 1.93. The van der Waals surface area contributed by atoms with Crippen LogP contribution in [0.4, 0.5) is 0 Å². The molecule has 3 nitrogen and oxygen atoms in total. The molecule has 0 radical (unpaired) electrons. The Balaban J connectivity index is 4.02. The minimum absolute atomic E-state index is 0.393. The topological polar surface area (TPSA) is 40.5 Å². The number of hydroxylamine groups is 2. The Morgan fingerprint density at radius 2 is 2.20 bits per heavy atom. The first-order valence-corrected chi connectivity index (χ1v) is 3.00. The van der Waals surface area contributed by atoms with Crippen LogP contribution in [0.25, 0.3) is 0 Å². The summed E-state index contributed by atoms with van der Waals surface area (Å²) >= 11 is 0. The lowest BCUT2D eigenvalue weighted by Crippen LogP contribution is -2.32. The molecule has 3 heteroatoms. The largest absolute Gasteiger partial charge is 0.285 e. The van der Waals surface area contributed by atoms with Gasteiger partial charge in [0.2, 0.25) is 5.91 Å². The van der Waals surface area contributed by atoms with E-state index in [0.717, 1.165) is 0 Å². The molecule has 56 valence electrons. The number of carbonyl (C=O) groups is 1. The molecular formula is C7H11NO2. The van der Waals surface area contributed by atoms with Crippen molar-refractivity contribution in [3.05, 3.63) is 0 Å². The van der Waals surface area contributed by atoms with Crippen molar-refractivity contribution < 1.29 is 10.0 Å². The normalized spacial score (nSPS) is 11.2. The highest BCUT2D eigenvalue weighted by atomic mass is 16.5. The van der Waals surface area contributed by atoms with Gasteiger partial charge in [0.05, 0.1) is 0 Å². The maximum atomic E-state index is 10.5. The van der Waals surface area contributed by atoms with Gasteiger partial charge in [0.25, 0.3) is 0 Å². The summed E-state index contributed by atoms with van der Waals surface area (Å²) in [4.78, 5) is 10.5. The van der Waals surface area contributed by atoms with E-state index in [2.05, 4.69) is 11.8 Å². The van der Waals surface area contributed by atoms with Crippen LogP contribution in [0.3, 0.4) is 0 Å². The number of rotatable bonds is 1. The number of carbonyl (C=O) groups excluding carboxylic acids is 1. The smallest absolute Gasteiger partial charge is 0.243 e. The van der Waals surface area contributed by atoms with Gasteiger partial charge < -0.3 is 0 Å². The molecule has 0 saturated heterocycles. The molecule has 0 heterocycles. The van der Waals surface area contributed by atoms with E-state index in [4.69, 9.17) is 5.21 Å². The quantitative estimate of drug-likeness (QED) is 0.330. The fraction of sp³-hybridized carbons (Fsp3) is 0.571.